The number of hydrogen-bond acceptors (Lipinski definition) is 6. The highest BCUT2D eigenvalue weighted by Crippen LogP contribution is 2.02. The molecule has 0 aliphatic rings. The molecular formula is C7H12O6. The Morgan fingerprint density at radius 3 is 2.38 bits per heavy atom. The number of aliphatic hydroxyl groups is 3. The molecular weight excluding hydrogens is 180 g/mol. The number of ether oxygens (including phenoxy) is 1. The zero-order valence-corrected chi connectivity index (χ0v) is 7.08. The van der Waals surface area contributed by atoms with Gasteiger partial charge in [-0.2, -0.15) is 0 Å². The molecule has 0 aliphatic heterocycles. The predicted molar refractivity (Wildman–Crippen MR) is 40.7 cm³/mol. The number of esters is 1. The molecule has 0 rings (SSSR count). The van der Waals surface area contributed by atoms with E-state index in [4.69, 9.17) is 15.3 Å². The Morgan fingerprint density at radius 2 is 2.08 bits per heavy atom. The molecule has 0 spiro atoms. The first-order valence-electron chi connectivity index (χ1n) is 3.62. The number of carbonyl (C=O) groups is 2. The van der Waals surface area contributed by atoms with E-state index in [9.17, 15) is 9.59 Å². The smallest absolute Gasteiger partial charge is 0.303 e. The van der Waals surface area contributed by atoms with Gasteiger partial charge >= 0.3 is 5.97 Å². The molecule has 3 atom stereocenters. The van der Waals surface area contributed by atoms with Crippen molar-refractivity contribution >= 4 is 12.3 Å². The highest BCUT2D eigenvalue weighted by atomic mass is 16.6. The minimum atomic E-state index is -1.61. The third kappa shape index (κ3) is 3.97. The number of rotatable bonds is 5. The van der Waals surface area contributed by atoms with E-state index in [2.05, 4.69) is 4.74 Å². The lowest BCUT2D eigenvalue weighted by Crippen LogP contribution is -2.42. The van der Waals surface area contributed by atoms with Crippen molar-refractivity contribution in [1.29, 1.82) is 0 Å². The maximum absolute atomic E-state index is 10.4. The summed E-state index contributed by atoms with van der Waals surface area (Å²) in [5, 5.41) is 26.4. The van der Waals surface area contributed by atoms with E-state index in [0.717, 1.165) is 6.92 Å². The fourth-order valence-electron chi connectivity index (χ4n) is 0.697. The highest BCUT2D eigenvalue weighted by molar-refractivity contribution is 5.70. The standard InChI is InChI=1S/C7H12O6/c1-4(10)13-6(3-9)7(12)5(11)2-8/h3,5-8,11-12H,2H2,1H3/t5-,6-,7-/m1/s1. The van der Waals surface area contributed by atoms with Crippen molar-refractivity contribution in [3.63, 3.8) is 0 Å². The molecule has 0 radical (unpaired) electrons. The Morgan fingerprint density at radius 1 is 1.54 bits per heavy atom. The van der Waals surface area contributed by atoms with Crippen LogP contribution in [0.3, 0.4) is 0 Å². The number of carbonyl (C=O) groups excluding carboxylic acids is 2. The second-order valence-corrected chi connectivity index (χ2v) is 2.45. The first kappa shape index (κ1) is 12.0. The van der Waals surface area contributed by atoms with Gasteiger partial charge in [-0.1, -0.05) is 0 Å². The van der Waals surface area contributed by atoms with Gasteiger partial charge in [-0.15, -0.1) is 0 Å². The first-order valence-corrected chi connectivity index (χ1v) is 3.62. The fraction of sp³-hybridized carbons (Fsp3) is 0.714. The molecule has 13 heavy (non-hydrogen) atoms. The van der Waals surface area contributed by atoms with Crippen molar-refractivity contribution in [2.45, 2.75) is 25.2 Å². The average Bonchev–Trinajstić information content (AvgIpc) is 2.11. The lowest BCUT2D eigenvalue weighted by Gasteiger charge is -2.20. The van der Waals surface area contributed by atoms with Crippen LogP contribution in [0.15, 0.2) is 0 Å². The number of aliphatic hydroxyl groups excluding tert-OH is 3. The van der Waals surface area contributed by atoms with Gasteiger partial charge in [0.05, 0.1) is 6.61 Å². The van der Waals surface area contributed by atoms with Crippen molar-refractivity contribution in [2.75, 3.05) is 6.61 Å². The summed E-state index contributed by atoms with van der Waals surface area (Å²) in [4.78, 5) is 20.7. The maximum atomic E-state index is 10.4. The van der Waals surface area contributed by atoms with E-state index >= 15 is 0 Å². The molecule has 0 heterocycles. The Bertz CT molecular complexity index is 180. The minimum absolute atomic E-state index is 0.185. The maximum Gasteiger partial charge on any atom is 0.303 e. The van der Waals surface area contributed by atoms with E-state index in [1.54, 1.807) is 0 Å². The summed E-state index contributed by atoms with van der Waals surface area (Å²) in [6.45, 7) is 0.349. The monoisotopic (exact) mass is 192 g/mol. The molecule has 0 fully saturated rings. The van der Waals surface area contributed by atoms with Gasteiger partial charge in [-0.3, -0.25) is 9.59 Å². The molecule has 0 unspecified atom stereocenters. The zero-order chi connectivity index (χ0) is 10.4. The third-order valence-electron chi connectivity index (χ3n) is 1.35. The van der Waals surface area contributed by atoms with E-state index in [1.807, 2.05) is 0 Å². The van der Waals surface area contributed by atoms with E-state index in [0.29, 0.717) is 0 Å². The van der Waals surface area contributed by atoms with Crippen LogP contribution in [-0.4, -0.2) is 52.5 Å². The van der Waals surface area contributed by atoms with Crippen molar-refractivity contribution in [3.05, 3.63) is 0 Å². The average molecular weight is 192 g/mol. The Hall–Kier alpha value is -0.980. The van der Waals surface area contributed by atoms with Gasteiger partial charge in [0.2, 0.25) is 0 Å². The van der Waals surface area contributed by atoms with Gasteiger partial charge in [-0.05, 0) is 0 Å². The zero-order valence-electron chi connectivity index (χ0n) is 7.08. The lowest BCUT2D eigenvalue weighted by molar-refractivity contribution is -0.161. The van der Waals surface area contributed by atoms with Crippen molar-refractivity contribution < 1.29 is 29.6 Å². The van der Waals surface area contributed by atoms with Gasteiger partial charge in [0, 0.05) is 6.92 Å². The molecule has 0 aromatic heterocycles. The Kier molecular flexibility index (Phi) is 5.20. The van der Waals surface area contributed by atoms with E-state index in [1.165, 1.54) is 0 Å². The van der Waals surface area contributed by atoms with Gasteiger partial charge in [0.1, 0.15) is 12.2 Å². The summed E-state index contributed by atoms with van der Waals surface area (Å²) in [5.41, 5.74) is 0. The Labute approximate surface area is 74.7 Å². The normalized spacial score (nSPS) is 17.2. The molecule has 0 aliphatic carbocycles. The van der Waals surface area contributed by atoms with E-state index in [-0.39, 0.29) is 6.29 Å². The second-order valence-electron chi connectivity index (χ2n) is 2.45. The molecule has 0 bridgehead atoms. The first-order chi connectivity index (χ1) is 6.02. The van der Waals surface area contributed by atoms with Gasteiger partial charge in [-0.25, -0.2) is 0 Å². The second kappa shape index (κ2) is 5.63. The molecule has 76 valence electrons. The summed E-state index contributed by atoms with van der Waals surface area (Å²) in [6, 6.07) is 0. The molecule has 6 heteroatoms. The Balaban J connectivity index is 4.21. The van der Waals surface area contributed by atoms with Gasteiger partial charge in [0.25, 0.3) is 0 Å². The van der Waals surface area contributed by atoms with E-state index < -0.39 is 30.9 Å². The molecule has 0 saturated heterocycles. The summed E-state index contributed by atoms with van der Waals surface area (Å²) in [6.07, 6.45) is -4.37. The highest BCUT2D eigenvalue weighted by Gasteiger charge is 2.27. The van der Waals surface area contributed by atoms with Crippen molar-refractivity contribution in [3.8, 4) is 0 Å². The summed E-state index contributed by atoms with van der Waals surface area (Å²) in [7, 11) is 0. The fourth-order valence-corrected chi connectivity index (χ4v) is 0.697. The minimum Gasteiger partial charge on any atom is -0.452 e. The van der Waals surface area contributed by atoms with Crippen LogP contribution in [-0.2, 0) is 14.3 Å². The molecule has 0 aromatic carbocycles. The van der Waals surface area contributed by atoms with Crippen molar-refractivity contribution in [1.82, 2.24) is 0 Å². The third-order valence-corrected chi connectivity index (χ3v) is 1.35. The van der Waals surface area contributed by atoms with Crippen LogP contribution < -0.4 is 0 Å². The van der Waals surface area contributed by atoms with Crippen LogP contribution in [0.5, 0.6) is 0 Å². The quantitative estimate of drug-likeness (QED) is 0.338. The number of aldehydes is 1. The molecule has 6 nitrogen and oxygen atoms in total. The number of hydrogen-bond donors (Lipinski definition) is 3. The van der Waals surface area contributed by atoms with Crippen LogP contribution in [0.4, 0.5) is 0 Å². The van der Waals surface area contributed by atoms with Crippen LogP contribution >= 0.6 is 0 Å². The summed E-state index contributed by atoms with van der Waals surface area (Å²) >= 11 is 0. The van der Waals surface area contributed by atoms with Gasteiger partial charge in [0.15, 0.2) is 12.4 Å². The lowest BCUT2D eigenvalue weighted by atomic mass is 10.1. The molecule has 0 saturated carbocycles. The van der Waals surface area contributed by atoms with Crippen LogP contribution in [0.25, 0.3) is 0 Å². The summed E-state index contributed by atoms with van der Waals surface area (Å²) in [5.74, 6) is -0.749. The summed E-state index contributed by atoms with van der Waals surface area (Å²) < 4.78 is 4.36. The van der Waals surface area contributed by atoms with Crippen LogP contribution in [0.2, 0.25) is 0 Å². The topological polar surface area (TPSA) is 104 Å². The predicted octanol–water partition coefficient (Wildman–Crippen LogP) is -2.17. The van der Waals surface area contributed by atoms with Crippen LogP contribution in [0, 0.1) is 0 Å². The largest absolute Gasteiger partial charge is 0.452 e. The van der Waals surface area contributed by atoms with Crippen molar-refractivity contribution in [2.24, 2.45) is 0 Å². The molecule has 3 N–H and O–H groups in total. The van der Waals surface area contributed by atoms with Crippen LogP contribution in [0.1, 0.15) is 6.92 Å². The molecule has 0 amide bonds. The SMILES string of the molecule is CC(=O)O[C@H](C=O)[C@H](O)[C@H](O)CO. The van der Waals surface area contributed by atoms with Gasteiger partial charge < -0.3 is 20.1 Å². The molecule has 0 aromatic rings.